The van der Waals surface area contributed by atoms with E-state index in [0.29, 0.717) is 0 Å². The van der Waals surface area contributed by atoms with Crippen LogP contribution in [-0.4, -0.2) is 44.3 Å². The van der Waals surface area contributed by atoms with Crippen molar-refractivity contribution in [3.05, 3.63) is 0 Å². The van der Waals surface area contributed by atoms with Gasteiger partial charge in [0.15, 0.2) is 0 Å². The van der Waals surface area contributed by atoms with E-state index in [-0.39, 0.29) is 5.41 Å². The Morgan fingerprint density at radius 2 is 2.29 bits per heavy atom. The first kappa shape index (κ1) is 10.4. The third kappa shape index (κ3) is 2.27. The summed E-state index contributed by atoms with van der Waals surface area (Å²) < 4.78 is 5.57. The van der Waals surface area contributed by atoms with Gasteiger partial charge in [0.25, 0.3) is 0 Å². The van der Waals surface area contributed by atoms with Crippen molar-refractivity contribution in [2.45, 2.75) is 31.7 Å². The largest absolute Gasteiger partial charge is 0.381 e. The predicted octanol–water partition coefficient (Wildman–Crippen LogP) is 0.836. The number of rotatable bonds is 4. The van der Waals surface area contributed by atoms with Crippen LogP contribution in [-0.2, 0) is 4.74 Å². The summed E-state index contributed by atoms with van der Waals surface area (Å²) in [4.78, 5) is 2.47. The Morgan fingerprint density at radius 3 is 2.79 bits per heavy atom. The predicted molar refractivity (Wildman–Crippen MR) is 57.2 cm³/mol. The van der Waals surface area contributed by atoms with Gasteiger partial charge in [-0.25, -0.2) is 0 Å². The summed E-state index contributed by atoms with van der Waals surface area (Å²) in [6.45, 7) is 3.67. The van der Waals surface area contributed by atoms with Crippen molar-refractivity contribution in [2.24, 2.45) is 11.1 Å². The van der Waals surface area contributed by atoms with Crippen LogP contribution in [0, 0.1) is 5.41 Å². The molecule has 0 amide bonds. The number of hydrogen-bond donors (Lipinski definition) is 1. The summed E-state index contributed by atoms with van der Waals surface area (Å²) in [6, 6.07) is 0.834. The van der Waals surface area contributed by atoms with E-state index >= 15 is 0 Å². The van der Waals surface area contributed by atoms with Gasteiger partial charge in [0.05, 0.1) is 6.61 Å². The summed E-state index contributed by atoms with van der Waals surface area (Å²) in [6.07, 6.45) is 5.16. The molecule has 0 aromatic heterocycles. The fourth-order valence-corrected chi connectivity index (χ4v) is 2.43. The molecule has 0 bridgehead atoms. The minimum Gasteiger partial charge on any atom is -0.381 e. The van der Waals surface area contributed by atoms with E-state index in [4.69, 9.17) is 10.5 Å². The Kier molecular flexibility index (Phi) is 3.10. The average molecular weight is 198 g/mol. The Bertz CT molecular complexity index is 186. The molecular weight excluding hydrogens is 176 g/mol. The summed E-state index contributed by atoms with van der Waals surface area (Å²) in [7, 11) is 2.23. The molecule has 1 heterocycles. The molecule has 1 unspecified atom stereocenters. The maximum Gasteiger partial charge on any atom is 0.0546 e. The van der Waals surface area contributed by atoms with Crippen LogP contribution in [0.2, 0.25) is 0 Å². The smallest absolute Gasteiger partial charge is 0.0546 e. The molecule has 0 aromatic carbocycles. The summed E-state index contributed by atoms with van der Waals surface area (Å²) in [5.41, 5.74) is 6.15. The second-order valence-electron chi connectivity index (χ2n) is 5.01. The van der Waals surface area contributed by atoms with Crippen LogP contribution in [0.3, 0.4) is 0 Å². The van der Waals surface area contributed by atoms with E-state index < -0.39 is 0 Å². The Labute approximate surface area is 86.6 Å². The van der Waals surface area contributed by atoms with Crippen LogP contribution in [0.1, 0.15) is 25.7 Å². The molecule has 1 aliphatic carbocycles. The van der Waals surface area contributed by atoms with E-state index in [2.05, 4.69) is 11.9 Å². The monoisotopic (exact) mass is 198 g/mol. The lowest BCUT2D eigenvalue weighted by Gasteiger charge is -2.39. The highest BCUT2D eigenvalue weighted by Crippen LogP contribution is 2.33. The molecule has 14 heavy (non-hydrogen) atoms. The third-order valence-corrected chi connectivity index (χ3v) is 3.59. The maximum atomic E-state index is 5.90. The first-order valence-corrected chi connectivity index (χ1v) is 5.74. The van der Waals surface area contributed by atoms with Crippen molar-refractivity contribution in [1.29, 1.82) is 0 Å². The van der Waals surface area contributed by atoms with Gasteiger partial charge in [-0.15, -0.1) is 0 Å². The van der Waals surface area contributed by atoms with E-state index in [1.54, 1.807) is 0 Å². The number of nitrogens with zero attached hydrogens (tertiary/aromatic N) is 1. The standard InChI is InChI=1S/C11H22N2O/c1-13(10-3-4-10)8-11(7-12)5-2-6-14-9-11/h10H,2-9,12H2,1H3. The van der Waals surface area contributed by atoms with E-state index in [9.17, 15) is 0 Å². The highest BCUT2D eigenvalue weighted by atomic mass is 16.5. The fraction of sp³-hybridized carbons (Fsp3) is 1.00. The molecule has 0 spiro atoms. The van der Waals surface area contributed by atoms with Crippen LogP contribution >= 0.6 is 0 Å². The zero-order valence-electron chi connectivity index (χ0n) is 9.17. The van der Waals surface area contributed by atoms with Crippen molar-refractivity contribution in [3.8, 4) is 0 Å². The highest BCUT2D eigenvalue weighted by molar-refractivity contribution is 4.90. The quantitative estimate of drug-likeness (QED) is 0.727. The van der Waals surface area contributed by atoms with E-state index in [1.165, 1.54) is 25.7 Å². The zero-order chi connectivity index (χ0) is 10.0. The van der Waals surface area contributed by atoms with Crippen molar-refractivity contribution >= 4 is 0 Å². The molecule has 1 aliphatic heterocycles. The minimum absolute atomic E-state index is 0.246. The van der Waals surface area contributed by atoms with Crippen LogP contribution in [0.25, 0.3) is 0 Å². The summed E-state index contributed by atoms with van der Waals surface area (Å²) in [5, 5.41) is 0. The van der Waals surface area contributed by atoms with Gasteiger partial charge in [0, 0.05) is 31.2 Å². The molecule has 2 rings (SSSR count). The van der Waals surface area contributed by atoms with Gasteiger partial charge in [0.1, 0.15) is 0 Å². The first-order valence-electron chi connectivity index (χ1n) is 5.74. The number of hydrogen-bond acceptors (Lipinski definition) is 3. The fourth-order valence-electron chi connectivity index (χ4n) is 2.43. The summed E-state index contributed by atoms with van der Waals surface area (Å²) >= 11 is 0. The van der Waals surface area contributed by atoms with Crippen LogP contribution in [0.15, 0.2) is 0 Å². The van der Waals surface area contributed by atoms with Gasteiger partial charge in [0.2, 0.25) is 0 Å². The first-order chi connectivity index (χ1) is 6.76. The molecule has 1 saturated heterocycles. The maximum absolute atomic E-state index is 5.90. The van der Waals surface area contributed by atoms with Gasteiger partial charge in [-0.2, -0.15) is 0 Å². The van der Waals surface area contributed by atoms with Crippen molar-refractivity contribution in [1.82, 2.24) is 4.90 Å². The molecule has 1 saturated carbocycles. The molecule has 82 valence electrons. The van der Waals surface area contributed by atoms with E-state index in [0.717, 1.165) is 32.3 Å². The molecule has 0 radical (unpaired) electrons. The lowest BCUT2D eigenvalue weighted by atomic mass is 9.82. The second-order valence-corrected chi connectivity index (χ2v) is 5.01. The Morgan fingerprint density at radius 1 is 1.50 bits per heavy atom. The van der Waals surface area contributed by atoms with Crippen LogP contribution in [0.4, 0.5) is 0 Å². The molecule has 0 aromatic rings. The average Bonchev–Trinajstić information content (AvgIpc) is 3.02. The highest BCUT2D eigenvalue weighted by Gasteiger charge is 2.36. The van der Waals surface area contributed by atoms with E-state index in [1.807, 2.05) is 0 Å². The van der Waals surface area contributed by atoms with Crippen molar-refractivity contribution in [2.75, 3.05) is 33.4 Å². The van der Waals surface area contributed by atoms with Gasteiger partial charge in [-0.05, 0) is 32.7 Å². The summed E-state index contributed by atoms with van der Waals surface area (Å²) in [5.74, 6) is 0. The second kappa shape index (κ2) is 4.17. The molecule has 2 fully saturated rings. The minimum atomic E-state index is 0.246. The SMILES string of the molecule is CN(CC1(CN)CCCOC1)C1CC1. The molecule has 3 nitrogen and oxygen atoms in total. The molecular formula is C11H22N2O. The Balaban J connectivity index is 1.89. The number of ether oxygens (including phenoxy) is 1. The molecule has 1 atom stereocenters. The topological polar surface area (TPSA) is 38.5 Å². The zero-order valence-corrected chi connectivity index (χ0v) is 9.17. The normalized spacial score (nSPS) is 33.6. The van der Waals surface area contributed by atoms with Crippen LogP contribution < -0.4 is 5.73 Å². The van der Waals surface area contributed by atoms with Crippen molar-refractivity contribution in [3.63, 3.8) is 0 Å². The molecule has 2 N–H and O–H groups in total. The Hall–Kier alpha value is -0.120. The molecule has 3 heteroatoms. The van der Waals surface area contributed by atoms with Crippen molar-refractivity contribution < 1.29 is 4.74 Å². The lowest BCUT2D eigenvalue weighted by Crippen LogP contribution is -2.47. The van der Waals surface area contributed by atoms with Gasteiger partial charge in [-0.1, -0.05) is 0 Å². The molecule has 2 aliphatic rings. The van der Waals surface area contributed by atoms with Gasteiger partial charge >= 0.3 is 0 Å². The lowest BCUT2D eigenvalue weighted by molar-refractivity contribution is -0.0193. The van der Waals surface area contributed by atoms with Gasteiger partial charge < -0.3 is 15.4 Å². The van der Waals surface area contributed by atoms with Gasteiger partial charge in [-0.3, -0.25) is 0 Å². The van der Waals surface area contributed by atoms with Crippen LogP contribution in [0.5, 0.6) is 0 Å². The third-order valence-electron chi connectivity index (χ3n) is 3.59. The number of nitrogens with two attached hydrogens (primary N) is 1.